The molecule has 2 amide bonds. The molecule has 1 unspecified atom stereocenters. The third kappa shape index (κ3) is 4.65. The van der Waals surface area contributed by atoms with Crippen LogP contribution in [-0.4, -0.2) is 57.2 Å². The van der Waals surface area contributed by atoms with E-state index in [1.54, 1.807) is 16.0 Å². The van der Waals surface area contributed by atoms with Crippen LogP contribution in [0, 0.1) is 0 Å². The van der Waals surface area contributed by atoms with Crippen LogP contribution in [0.15, 0.2) is 58.0 Å². The number of ether oxygens (including phenoxy) is 2. The van der Waals surface area contributed by atoms with Gasteiger partial charge in [0, 0.05) is 28.6 Å². The first kappa shape index (κ1) is 19.6. The molecular weight excluding hydrogens is 438 g/mol. The van der Waals surface area contributed by atoms with Crippen LogP contribution in [0.4, 0.5) is 16.2 Å². The molecule has 0 bridgehead atoms. The van der Waals surface area contributed by atoms with E-state index in [2.05, 4.69) is 20.9 Å². The van der Waals surface area contributed by atoms with E-state index in [0.717, 1.165) is 21.4 Å². The Morgan fingerprint density at radius 3 is 2.41 bits per heavy atom. The standard InChI is InChI=1S/C21H20BrN3O4/c22-16-3-1-15(2-4-16)11-23-12-19-13-25(21(27)29-19)18-7-5-17(6-8-18)24-9-10-28-14-20(24)26/h1-8,11,19H,9-10,12-14H2. The zero-order chi connectivity index (χ0) is 20.2. The Labute approximate surface area is 177 Å². The average Bonchev–Trinajstić information content (AvgIpc) is 3.10. The van der Waals surface area contributed by atoms with Gasteiger partial charge in [0.1, 0.15) is 12.7 Å². The predicted octanol–water partition coefficient (Wildman–Crippen LogP) is 3.26. The van der Waals surface area contributed by atoms with Crippen molar-refractivity contribution in [2.75, 3.05) is 42.6 Å². The number of cyclic esters (lactones) is 1. The van der Waals surface area contributed by atoms with E-state index in [1.165, 1.54) is 0 Å². The summed E-state index contributed by atoms with van der Waals surface area (Å²) in [5.41, 5.74) is 2.52. The summed E-state index contributed by atoms with van der Waals surface area (Å²) in [5, 5.41) is 0. The second kappa shape index (κ2) is 8.75. The molecule has 0 aromatic heterocycles. The summed E-state index contributed by atoms with van der Waals surface area (Å²) in [6.07, 6.45) is 1.09. The highest BCUT2D eigenvalue weighted by Gasteiger charge is 2.32. The van der Waals surface area contributed by atoms with Crippen LogP contribution in [0.25, 0.3) is 0 Å². The third-order valence-electron chi connectivity index (χ3n) is 4.75. The lowest BCUT2D eigenvalue weighted by atomic mass is 10.2. The number of aliphatic imine (C=N–C) groups is 1. The molecule has 29 heavy (non-hydrogen) atoms. The van der Waals surface area contributed by atoms with Gasteiger partial charge in [-0.3, -0.25) is 14.7 Å². The summed E-state index contributed by atoms with van der Waals surface area (Å²) >= 11 is 3.40. The first-order valence-corrected chi connectivity index (χ1v) is 10.1. The molecule has 4 rings (SSSR count). The lowest BCUT2D eigenvalue weighted by Gasteiger charge is -2.27. The van der Waals surface area contributed by atoms with E-state index in [4.69, 9.17) is 9.47 Å². The van der Waals surface area contributed by atoms with Crippen molar-refractivity contribution in [1.82, 2.24) is 0 Å². The minimum atomic E-state index is -0.385. The van der Waals surface area contributed by atoms with Crippen LogP contribution < -0.4 is 9.80 Å². The molecule has 0 spiro atoms. The van der Waals surface area contributed by atoms with Crippen molar-refractivity contribution < 1.29 is 19.1 Å². The van der Waals surface area contributed by atoms with E-state index in [0.29, 0.717) is 26.2 Å². The zero-order valence-electron chi connectivity index (χ0n) is 15.7. The summed E-state index contributed by atoms with van der Waals surface area (Å²) < 4.78 is 11.6. The van der Waals surface area contributed by atoms with Gasteiger partial charge in [-0.2, -0.15) is 0 Å². The number of anilines is 2. The number of amides is 2. The van der Waals surface area contributed by atoms with Crippen molar-refractivity contribution in [3.63, 3.8) is 0 Å². The molecule has 2 aromatic rings. The molecule has 2 aliphatic rings. The summed E-state index contributed by atoms with van der Waals surface area (Å²) in [5.74, 6) is -0.0618. The van der Waals surface area contributed by atoms with E-state index >= 15 is 0 Å². The van der Waals surface area contributed by atoms with Crippen LogP contribution in [0.1, 0.15) is 5.56 Å². The first-order valence-electron chi connectivity index (χ1n) is 9.32. The van der Waals surface area contributed by atoms with Crippen molar-refractivity contribution in [1.29, 1.82) is 0 Å². The second-order valence-electron chi connectivity index (χ2n) is 6.78. The largest absolute Gasteiger partial charge is 0.442 e. The third-order valence-corrected chi connectivity index (χ3v) is 5.28. The molecule has 0 radical (unpaired) electrons. The molecule has 2 aromatic carbocycles. The first-order chi connectivity index (χ1) is 14.1. The Morgan fingerprint density at radius 1 is 1.03 bits per heavy atom. The molecule has 2 fully saturated rings. The van der Waals surface area contributed by atoms with Gasteiger partial charge in [0.25, 0.3) is 5.91 Å². The number of halogens is 1. The molecule has 0 N–H and O–H groups in total. The van der Waals surface area contributed by atoms with Crippen LogP contribution in [0.3, 0.4) is 0 Å². The van der Waals surface area contributed by atoms with Gasteiger partial charge in [0.2, 0.25) is 0 Å². The van der Waals surface area contributed by atoms with Crippen LogP contribution in [0.5, 0.6) is 0 Å². The molecule has 150 valence electrons. The summed E-state index contributed by atoms with van der Waals surface area (Å²) in [4.78, 5) is 31.9. The molecule has 2 heterocycles. The highest BCUT2D eigenvalue weighted by molar-refractivity contribution is 9.10. The number of hydrogen-bond donors (Lipinski definition) is 0. The Bertz CT molecular complexity index is 915. The number of morpholine rings is 1. The average molecular weight is 458 g/mol. The lowest BCUT2D eigenvalue weighted by Crippen LogP contribution is -2.41. The molecule has 2 aliphatic heterocycles. The maximum absolute atomic E-state index is 12.3. The highest BCUT2D eigenvalue weighted by atomic mass is 79.9. The van der Waals surface area contributed by atoms with E-state index in [9.17, 15) is 9.59 Å². The predicted molar refractivity (Wildman–Crippen MR) is 114 cm³/mol. The summed E-state index contributed by atoms with van der Waals surface area (Å²) in [6.45, 7) is 1.99. The number of rotatable bonds is 5. The molecular formula is C21H20BrN3O4. The topological polar surface area (TPSA) is 71.4 Å². The van der Waals surface area contributed by atoms with Crippen LogP contribution in [-0.2, 0) is 14.3 Å². The van der Waals surface area contributed by atoms with Crippen molar-refractivity contribution in [2.45, 2.75) is 6.10 Å². The van der Waals surface area contributed by atoms with Crippen LogP contribution >= 0.6 is 15.9 Å². The van der Waals surface area contributed by atoms with Gasteiger partial charge in [-0.25, -0.2) is 4.79 Å². The number of hydrogen-bond acceptors (Lipinski definition) is 5. The summed E-state index contributed by atoms with van der Waals surface area (Å²) in [6, 6.07) is 15.2. The van der Waals surface area contributed by atoms with Crippen LogP contribution in [0.2, 0.25) is 0 Å². The van der Waals surface area contributed by atoms with Gasteiger partial charge in [0.05, 0.1) is 19.7 Å². The molecule has 0 aliphatic carbocycles. The fraction of sp³-hybridized carbons (Fsp3) is 0.286. The fourth-order valence-electron chi connectivity index (χ4n) is 3.26. The van der Waals surface area contributed by atoms with Gasteiger partial charge in [-0.05, 0) is 42.0 Å². The molecule has 8 heteroatoms. The van der Waals surface area contributed by atoms with Gasteiger partial charge >= 0.3 is 6.09 Å². The minimum Gasteiger partial charge on any atom is -0.442 e. The van der Waals surface area contributed by atoms with E-state index in [1.807, 2.05) is 48.5 Å². The number of benzene rings is 2. The monoisotopic (exact) mass is 457 g/mol. The Hall–Kier alpha value is -2.71. The number of carbonyl (C=O) groups is 2. The van der Waals surface area contributed by atoms with Crippen molar-refractivity contribution >= 4 is 45.5 Å². The van der Waals surface area contributed by atoms with Gasteiger partial charge < -0.3 is 14.4 Å². The molecule has 0 saturated carbocycles. The normalized spacial score (nSPS) is 19.8. The van der Waals surface area contributed by atoms with Gasteiger partial charge in [-0.1, -0.05) is 28.1 Å². The molecule has 2 saturated heterocycles. The maximum Gasteiger partial charge on any atom is 0.414 e. The zero-order valence-corrected chi connectivity index (χ0v) is 17.2. The van der Waals surface area contributed by atoms with Crippen molar-refractivity contribution in [3.05, 3.63) is 58.6 Å². The molecule has 1 atom stereocenters. The van der Waals surface area contributed by atoms with Gasteiger partial charge in [0.15, 0.2) is 0 Å². The number of nitrogens with zero attached hydrogens (tertiary/aromatic N) is 3. The Balaban J connectivity index is 1.36. The molecule has 7 nitrogen and oxygen atoms in total. The summed E-state index contributed by atoms with van der Waals surface area (Å²) in [7, 11) is 0. The quantitative estimate of drug-likeness (QED) is 0.645. The lowest BCUT2D eigenvalue weighted by molar-refractivity contribution is -0.125. The highest BCUT2D eigenvalue weighted by Crippen LogP contribution is 2.25. The fourth-order valence-corrected chi connectivity index (χ4v) is 3.52. The van der Waals surface area contributed by atoms with E-state index in [-0.39, 0.29) is 24.7 Å². The smallest absolute Gasteiger partial charge is 0.414 e. The van der Waals surface area contributed by atoms with Gasteiger partial charge in [-0.15, -0.1) is 0 Å². The van der Waals surface area contributed by atoms with E-state index < -0.39 is 0 Å². The maximum atomic E-state index is 12.3. The Morgan fingerprint density at radius 2 is 1.72 bits per heavy atom. The number of carbonyl (C=O) groups excluding carboxylic acids is 2. The van der Waals surface area contributed by atoms with Crippen molar-refractivity contribution in [2.24, 2.45) is 4.99 Å². The van der Waals surface area contributed by atoms with Crippen molar-refractivity contribution in [3.8, 4) is 0 Å². The second-order valence-corrected chi connectivity index (χ2v) is 7.69. The SMILES string of the molecule is O=C1COCCN1c1ccc(N2CC(CN=Cc3ccc(Br)cc3)OC2=O)cc1. The Kier molecular flexibility index (Phi) is 5.92. The minimum absolute atomic E-state index is 0.0618.